The molecule has 0 radical (unpaired) electrons. The van der Waals surface area contributed by atoms with Crippen LogP contribution in [0.15, 0.2) is 0 Å². The standard InChI is InChI=1S/C10H20N2O/c1-10(2)5-7-12(8-10)9(13)4-6-11-3/h11H,4-8H2,1-3H3. The molecule has 0 aliphatic carbocycles. The SMILES string of the molecule is CNCCC(=O)N1CCC(C)(C)C1. The van der Waals surface area contributed by atoms with E-state index in [0.29, 0.717) is 17.7 Å². The van der Waals surface area contributed by atoms with E-state index in [9.17, 15) is 4.79 Å². The van der Waals surface area contributed by atoms with E-state index < -0.39 is 0 Å². The molecule has 3 heteroatoms. The maximum absolute atomic E-state index is 11.6. The Kier molecular flexibility index (Phi) is 3.31. The van der Waals surface area contributed by atoms with Gasteiger partial charge in [-0.2, -0.15) is 0 Å². The van der Waals surface area contributed by atoms with Crippen molar-refractivity contribution in [1.82, 2.24) is 10.2 Å². The van der Waals surface area contributed by atoms with Gasteiger partial charge >= 0.3 is 0 Å². The van der Waals surface area contributed by atoms with Crippen molar-refractivity contribution in [2.45, 2.75) is 26.7 Å². The zero-order chi connectivity index (χ0) is 9.90. The largest absolute Gasteiger partial charge is 0.342 e. The first-order valence-corrected chi connectivity index (χ1v) is 4.97. The van der Waals surface area contributed by atoms with E-state index in [4.69, 9.17) is 0 Å². The van der Waals surface area contributed by atoms with Crippen LogP contribution in [-0.4, -0.2) is 37.5 Å². The van der Waals surface area contributed by atoms with E-state index in [1.807, 2.05) is 11.9 Å². The zero-order valence-corrected chi connectivity index (χ0v) is 8.89. The number of carbonyl (C=O) groups is 1. The van der Waals surface area contributed by atoms with Crippen molar-refractivity contribution in [3.8, 4) is 0 Å². The number of hydrogen-bond acceptors (Lipinski definition) is 2. The maximum atomic E-state index is 11.6. The number of likely N-dealkylation sites (tertiary alicyclic amines) is 1. The summed E-state index contributed by atoms with van der Waals surface area (Å²) in [6, 6.07) is 0. The van der Waals surface area contributed by atoms with Crippen LogP contribution in [0.25, 0.3) is 0 Å². The second-order valence-corrected chi connectivity index (χ2v) is 4.58. The lowest BCUT2D eigenvalue weighted by atomic mass is 9.93. The molecule has 1 saturated heterocycles. The molecule has 1 fully saturated rings. The van der Waals surface area contributed by atoms with Crippen LogP contribution in [0.5, 0.6) is 0 Å². The van der Waals surface area contributed by atoms with Crippen LogP contribution in [0, 0.1) is 5.41 Å². The summed E-state index contributed by atoms with van der Waals surface area (Å²) < 4.78 is 0. The first kappa shape index (κ1) is 10.5. The summed E-state index contributed by atoms with van der Waals surface area (Å²) in [5.74, 6) is 0.292. The van der Waals surface area contributed by atoms with Gasteiger partial charge in [0.1, 0.15) is 0 Å². The van der Waals surface area contributed by atoms with Gasteiger partial charge in [0.25, 0.3) is 0 Å². The zero-order valence-electron chi connectivity index (χ0n) is 8.89. The molecular formula is C10H20N2O. The summed E-state index contributed by atoms with van der Waals surface area (Å²) in [5.41, 5.74) is 0.329. The second-order valence-electron chi connectivity index (χ2n) is 4.58. The monoisotopic (exact) mass is 184 g/mol. The van der Waals surface area contributed by atoms with Gasteiger partial charge < -0.3 is 10.2 Å². The van der Waals surface area contributed by atoms with Gasteiger partial charge in [0.2, 0.25) is 5.91 Å². The number of amides is 1. The van der Waals surface area contributed by atoms with Gasteiger partial charge in [-0.15, -0.1) is 0 Å². The third-order valence-corrected chi connectivity index (χ3v) is 2.62. The summed E-state index contributed by atoms with van der Waals surface area (Å²) in [6.45, 7) is 7.09. The number of hydrogen-bond donors (Lipinski definition) is 1. The van der Waals surface area contributed by atoms with Crippen LogP contribution in [0.4, 0.5) is 0 Å². The molecule has 0 bridgehead atoms. The topological polar surface area (TPSA) is 32.3 Å². The van der Waals surface area contributed by atoms with Crippen molar-refractivity contribution >= 4 is 5.91 Å². The van der Waals surface area contributed by atoms with Gasteiger partial charge in [0.15, 0.2) is 0 Å². The van der Waals surface area contributed by atoms with Crippen molar-refractivity contribution in [3.63, 3.8) is 0 Å². The van der Waals surface area contributed by atoms with Gasteiger partial charge in [-0.05, 0) is 18.9 Å². The predicted molar refractivity (Wildman–Crippen MR) is 53.5 cm³/mol. The average molecular weight is 184 g/mol. The minimum atomic E-state index is 0.292. The maximum Gasteiger partial charge on any atom is 0.223 e. The van der Waals surface area contributed by atoms with Crippen molar-refractivity contribution in [1.29, 1.82) is 0 Å². The fourth-order valence-corrected chi connectivity index (χ4v) is 1.72. The molecule has 0 aromatic rings. The molecule has 1 aliphatic heterocycles. The highest BCUT2D eigenvalue weighted by Crippen LogP contribution is 2.28. The number of nitrogens with zero attached hydrogens (tertiary/aromatic N) is 1. The number of nitrogens with one attached hydrogen (secondary N) is 1. The highest BCUT2D eigenvalue weighted by Gasteiger charge is 2.31. The van der Waals surface area contributed by atoms with Gasteiger partial charge in [-0.3, -0.25) is 4.79 Å². The lowest BCUT2D eigenvalue weighted by molar-refractivity contribution is -0.130. The minimum Gasteiger partial charge on any atom is -0.342 e. The quantitative estimate of drug-likeness (QED) is 0.705. The van der Waals surface area contributed by atoms with E-state index in [0.717, 1.165) is 26.1 Å². The molecule has 0 atom stereocenters. The van der Waals surface area contributed by atoms with E-state index in [1.165, 1.54) is 0 Å². The summed E-state index contributed by atoms with van der Waals surface area (Å²) in [7, 11) is 1.88. The van der Waals surface area contributed by atoms with Crippen LogP contribution in [0.3, 0.4) is 0 Å². The fraction of sp³-hybridized carbons (Fsp3) is 0.900. The van der Waals surface area contributed by atoms with Crippen LogP contribution >= 0.6 is 0 Å². The van der Waals surface area contributed by atoms with Crippen LogP contribution in [0.1, 0.15) is 26.7 Å². The molecule has 13 heavy (non-hydrogen) atoms. The van der Waals surface area contributed by atoms with Gasteiger partial charge in [-0.25, -0.2) is 0 Å². The molecule has 1 aliphatic rings. The normalized spacial score (nSPS) is 20.7. The first-order chi connectivity index (χ1) is 6.05. The van der Waals surface area contributed by atoms with Crippen LogP contribution in [-0.2, 0) is 4.79 Å². The van der Waals surface area contributed by atoms with E-state index in [2.05, 4.69) is 19.2 Å². The number of rotatable bonds is 3. The molecule has 0 unspecified atom stereocenters. The fourth-order valence-electron chi connectivity index (χ4n) is 1.72. The lowest BCUT2D eigenvalue weighted by Gasteiger charge is -2.19. The molecule has 0 spiro atoms. The summed E-state index contributed by atoms with van der Waals surface area (Å²) >= 11 is 0. The Morgan fingerprint density at radius 1 is 1.54 bits per heavy atom. The minimum absolute atomic E-state index is 0.292. The molecule has 1 amide bonds. The second kappa shape index (κ2) is 4.09. The Balaban J connectivity index is 2.33. The Morgan fingerprint density at radius 3 is 2.69 bits per heavy atom. The van der Waals surface area contributed by atoms with Crippen molar-refractivity contribution in [2.24, 2.45) is 5.41 Å². The molecule has 1 N–H and O–H groups in total. The molecule has 3 nitrogen and oxygen atoms in total. The molecule has 0 aromatic carbocycles. The predicted octanol–water partition coefficient (Wildman–Crippen LogP) is 0.854. The van der Waals surface area contributed by atoms with E-state index in [-0.39, 0.29) is 0 Å². The summed E-state index contributed by atoms with van der Waals surface area (Å²) in [6.07, 6.45) is 1.77. The van der Waals surface area contributed by atoms with Gasteiger partial charge in [-0.1, -0.05) is 13.8 Å². The summed E-state index contributed by atoms with van der Waals surface area (Å²) in [5, 5.41) is 3.00. The Hall–Kier alpha value is -0.570. The average Bonchev–Trinajstić information content (AvgIpc) is 2.42. The highest BCUT2D eigenvalue weighted by atomic mass is 16.2. The van der Waals surface area contributed by atoms with Crippen molar-refractivity contribution in [3.05, 3.63) is 0 Å². The molecule has 0 aromatic heterocycles. The van der Waals surface area contributed by atoms with Crippen molar-refractivity contribution in [2.75, 3.05) is 26.7 Å². The Labute approximate surface area is 80.5 Å². The first-order valence-electron chi connectivity index (χ1n) is 4.97. The smallest absolute Gasteiger partial charge is 0.223 e. The van der Waals surface area contributed by atoms with E-state index in [1.54, 1.807) is 0 Å². The van der Waals surface area contributed by atoms with Crippen LogP contribution < -0.4 is 5.32 Å². The summed E-state index contributed by atoms with van der Waals surface area (Å²) in [4.78, 5) is 13.6. The molecule has 1 rings (SSSR count). The van der Waals surface area contributed by atoms with Crippen molar-refractivity contribution < 1.29 is 4.79 Å². The molecule has 1 heterocycles. The Morgan fingerprint density at radius 2 is 2.23 bits per heavy atom. The van der Waals surface area contributed by atoms with Crippen LogP contribution in [0.2, 0.25) is 0 Å². The number of carbonyl (C=O) groups excluding carboxylic acids is 1. The third-order valence-electron chi connectivity index (χ3n) is 2.62. The third kappa shape index (κ3) is 2.99. The molecule has 76 valence electrons. The Bertz CT molecular complexity index is 189. The van der Waals surface area contributed by atoms with Gasteiger partial charge in [0, 0.05) is 26.1 Å². The lowest BCUT2D eigenvalue weighted by Crippen LogP contribution is -2.32. The molecular weight excluding hydrogens is 164 g/mol. The van der Waals surface area contributed by atoms with Gasteiger partial charge in [0.05, 0.1) is 0 Å². The highest BCUT2D eigenvalue weighted by molar-refractivity contribution is 5.76. The molecule has 0 saturated carbocycles. The van der Waals surface area contributed by atoms with E-state index >= 15 is 0 Å².